The van der Waals surface area contributed by atoms with E-state index in [2.05, 4.69) is 5.16 Å². The number of amidine groups is 1. The zero-order chi connectivity index (χ0) is 25.4. The van der Waals surface area contributed by atoms with Crippen LogP contribution < -0.4 is 20.9 Å². The van der Waals surface area contributed by atoms with Gasteiger partial charge in [-0.25, -0.2) is 4.79 Å². The van der Waals surface area contributed by atoms with Crippen molar-refractivity contribution in [1.29, 1.82) is 0 Å². The third-order valence-electron chi connectivity index (χ3n) is 4.63. The summed E-state index contributed by atoms with van der Waals surface area (Å²) in [7, 11) is 0. The number of aryl methyl sites for hydroxylation is 1. The number of carbonyl (C=O) groups is 2. The SMILES string of the molecule is Cc1ccc(OCc2cccc(C(=O)O/N=C(\N)c3ccc(OCC(N)=O)cc3)c2)c([N+](=O)[O-])c1. The van der Waals surface area contributed by atoms with Crippen LogP contribution in [0.5, 0.6) is 11.5 Å². The number of nitrogens with two attached hydrogens (primary N) is 2. The van der Waals surface area contributed by atoms with Crippen molar-refractivity contribution in [3.05, 3.63) is 99.1 Å². The predicted molar refractivity (Wildman–Crippen MR) is 126 cm³/mol. The number of nitro benzene ring substituents is 1. The highest BCUT2D eigenvalue weighted by Crippen LogP contribution is 2.28. The summed E-state index contributed by atoms with van der Waals surface area (Å²) in [6, 6.07) is 17.3. The van der Waals surface area contributed by atoms with Crippen molar-refractivity contribution in [1.82, 2.24) is 0 Å². The van der Waals surface area contributed by atoms with Crippen molar-refractivity contribution in [2.45, 2.75) is 13.5 Å². The van der Waals surface area contributed by atoms with Gasteiger partial charge in [0.1, 0.15) is 12.4 Å². The number of oxime groups is 1. The molecule has 0 aliphatic heterocycles. The second kappa shape index (κ2) is 11.3. The normalized spacial score (nSPS) is 10.9. The van der Waals surface area contributed by atoms with E-state index in [1.165, 1.54) is 24.3 Å². The molecule has 0 atom stereocenters. The van der Waals surface area contributed by atoms with Gasteiger partial charge in [0.25, 0.3) is 5.91 Å². The van der Waals surface area contributed by atoms with Crippen molar-refractivity contribution in [2.24, 2.45) is 16.6 Å². The summed E-state index contributed by atoms with van der Waals surface area (Å²) in [4.78, 5) is 38.8. The van der Waals surface area contributed by atoms with Crippen molar-refractivity contribution in [3.8, 4) is 11.5 Å². The Hall–Kier alpha value is -4.93. The lowest BCUT2D eigenvalue weighted by molar-refractivity contribution is -0.386. The number of benzene rings is 3. The molecule has 3 aromatic rings. The van der Waals surface area contributed by atoms with Crippen molar-refractivity contribution < 1.29 is 28.8 Å². The standard InChI is InChI=1S/C24H22N4O7/c1-15-5-10-21(20(11-15)28(31)32)34-13-16-3-2-4-18(12-16)24(30)35-27-23(26)17-6-8-19(9-7-17)33-14-22(25)29/h2-12H,13-14H2,1H3,(H2,25,29)(H2,26,27). The number of hydrogen-bond acceptors (Lipinski definition) is 8. The molecule has 3 rings (SSSR count). The topological polar surface area (TPSA) is 169 Å². The second-order valence-electron chi connectivity index (χ2n) is 7.35. The molecule has 0 fully saturated rings. The molecule has 3 aromatic carbocycles. The minimum Gasteiger partial charge on any atom is -0.484 e. The molecule has 1 amide bonds. The van der Waals surface area contributed by atoms with Crippen LogP contribution in [0.3, 0.4) is 0 Å². The monoisotopic (exact) mass is 478 g/mol. The van der Waals surface area contributed by atoms with Gasteiger partial charge in [0.15, 0.2) is 18.2 Å². The number of nitro groups is 1. The molecule has 180 valence electrons. The van der Waals surface area contributed by atoms with Gasteiger partial charge in [-0.3, -0.25) is 14.9 Å². The van der Waals surface area contributed by atoms with Crippen LogP contribution in [0.2, 0.25) is 0 Å². The highest BCUT2D eigenvalue weighted by atomic mass is 16.7. The highest BCUT2D eigenvalue weighted by molar-refractivity contribution is 5.98. The summed E-state index contributed by atoms with van der Waals surface area (Å²) in [6.45, 7) is 1.49. The molecular weight excluding hydrogens is 456 g/mol. The average Bonchev–Trinajstić information content (AvgIpc) is 2.85. The summed E-state index contributed by atoms with van der Waals surface area (Å²) in [5, 5.41) is 14.9. The van der Waals surface area contributed by atoms with Gasteiger partial charge in [-0.15, -0.1) is 0 Å². The lowest BCUT2D eigenvalue weighted by Crippen LogP contribution is -2.20. The van der Waals surface area contributed by atoms with Crippen molar-refractivity contribution in [3.63, 3.8) is 0 Å². The molecule has 0 heterocycles. The molecule has 0 aromatic heterocycles. The van der Waals surface area contributed by atoms with Gasteiger partial charge >= 0.3 is 11.7 Å². The Morgan fingerprint density at radius 3 is 2.40 bits per heavy atom. The fourth-order valence-electron chi connectivity index (χ4n) is 2.91. The quantitative estimate of drug-likeness (QED) is 0.147. The number of hydrogen-bond donors (Lipinski definition) is 2. The van der Waals surface area contributed by atoms with Gasteiger partial charge in [0, 0.05) is 11.6 Å². The molecule has 0 unspecified atom stereocenters. The van der Waals surface area contributed by atoms with Crippen LogP contribution >= 0.6 is 0 Å². The Labute approximate surface area is 200 Å². The predicted octanol–water partition coefficient (Wildman–Crippen LogP) is 2.82. The van der Waals surface area contributed by atoms with E-state index < -0.39 is 16.8 Å². The van der Waals surface area contributed by atoms with E-state index in [1.54, 1.807) is 49.4 Å². The smallest absolute Gasteiger partial charge is 0.365 e. The fraction of sp³-hybridized carbons (Fsp3) is 0.125. The number of ether oxygens (including phenoxy) is 2. The molecule has 0 aliphatic carbocycles. The first-order chi connectivity index (χ1) is 16.7. The van der Waals surface area contributed by atoms with Crippen LogP contribution in [-0.4, -0.2) is 29.2 Å². The van der Waals surface area contributed by atoms with Crippen molar-refractivity contribution in [2.75, 3.05) is 6.61 Å². The third kappa shape index (κ3) is 7.02. The Morgan fingerprint density at radius 1 is 0.971 bits per heavy atom. The average molecular weight is 478 g/mol. The van der Waals surface area contributed by atoms with Crippen LogP contribution in [0.15, 0.2) is 71.9 Å². The fourth-order valence-corrected chi connectivity index (χ4v) is 2.91. The molecule has 0 saturated heterocycles. The zero-order valence-corrected chi connectivity index (χ0v) is 18.7. The maximum atomic E-state index is 12.4. The Balaban J connectivity index is 1.62. The molecule has 0 saturated carbocycles. The molecule has 11 heteroatoms. The van der Waals surface area contributed by atoms with E-state index in [-0.39, 0.29) is 36.0 Å². The van der Waals surface area contributed by atoms with E-state index in [4.69, 9.17) is 25.8 Å². The van der Waals surface area contributed by atoms with Crippen LogP contribution in [0.4, 0.5) is 5.69 Å². The number of rotatable bonds is 10. The maximum absolute atomic E-state index is 12.4. The Bertz CT molecular complexity index is 1270. The first-order valence-corrected chi connectivity index (χ1v) is 10.3. The van der Waals surface area contributed by atoms with E-state index in [0.717, 1.165) is 5.56 Å². The molecule has 35 heavy (non-hydrogen) atoms. The van der Waals surface area contributed by atoms with Crippen LogP contribution in [-0.2, 0) is 16.2 Å². The summed E-state index contributed by atoms with van der Waals surface area (Å²) in [5.74, 6) is -0.873. The van der Waals surface area contributed by atoms with E-state index in [9.17, 15) is 19.7 Å². The van der Waals surface area contributed by atoms with E-state index in [1.807, 2.05) is 0 Å². The summed E-state index contributed by atoms with van der Waals surface area (Å²) < 4.78 is 10.7. The van der Waals surface area contributed by atoms with Gasteiger partial charge in [0.2, 0.25) is 0 Å². The third-order valence-corrected chi connectivity index (χ3v) is 4.63. The van der Waals surface area contributed by atoms with E-state index in [0.29, 0.717) is 16.9 Å². The lowest BCUT2D eigenvalue weighted by atomic mass is 10.1. The zero-order valence-electron chi connectivity index (χ0n) is 18.7. The molecular formula is C24H22N4O7. The summed E-state index contributed by atoms with van der Waals surface area (Å²) in [6.07, 6.45) is 0. The Morgan fingerprint density at radius 2 is 1.71 bits per heavy atom. The van der Waals surface area contributed by atoms with Gasteiger partial charge < -0.3 is 25.8 Å². The van der Waals surface area contributed by atoms with Gasteiger partial charge in [-0.05, 0) is 60.5 Å². The van der Waals surface area contributed by atoms with Gasteiger partial charge in [0.05, 0.1) is 10.5 Å². The minimum absolute atomic E-state index is 0.000596. The van der Waals surface area contributed by atoms with Crippen molar-refractivity contribution >= 4 is 23.4 Å². The highest BCUT2D eigenvalue weighted by Gasteiger charge is 2.16. The summed E-state index contributed by atoms with van der Waals surface area (Å²) in [5.41, 5.74) is 12.7. The maximum Gasteiger partial charge on any atom is 0.365 e. The number of primary amides is 1. The minimum atomic E-state index is -0.752. The van der Waals surface area contributed by atoms with Crippen LogP contribution in [0, 0.1) is 17.0 Å². The number of nitrogens with zero attached hydrogens (tertiary/aromatic N) is 2. The van der Waals surface area contributed by atoms with Gasteiger partial charge in [-0.2, -0.15) is 0 Å². The molecule has 0 aliphatic rings. The molecule has 0 spiro atoms. The van der Waals surface area contributed by atoms with Gasteiger partial charge in [-0.1, -0.05) is 23.4 Å². The first-order valence-electron chi connectivity index (χ1n) is 10.3. The lowest BCUT2D eigenvalue weighted by Gasteiger charge is -2.08. The second-order valence-corrected chi connectivity index (χ2v) is 7.35. The van der Waals surface area contributed by atoms with E-state index >= 15 is 0 Å². The summed E-state index contributed by atoms with van der Waals surface area (Å²) >= 11 is 0. The first kappa shape index (κ1) is 24.7. The number of carbonyl (C=O) groups excluding carboxylic acids is 2. The van der Waals surface area contributed by atoms with Crippen LogP contribution in [0.25, 0.3) is 0 Å². The largest absolute Gasteiger partial charge is 0.484 e. The molecule has 11 nitrogen and oxygen atoms in total. The Kier molecular flexibility index (Phi) is 7.96. The molecule has 0 bridgehead atoms. The number of amides is 1. The van der Waals surface area contributed by atoms with Crippen LogP contribution in [0.1, 0.15) is 27.0 Å². The molecule has 0 radical (unpaired) electrons. The molecule has 4 N–H and O–H groups in total.